The van der Waals surface area contributed by atoms with Gasteiger partial charge in [0.15, 0.2) is 0 Å². The first-order chi connectivity index (χ1) is 16.2. The molecule has 0 saturated heterocycles. The Labute approximate surface area is 194 Å². The Morgan fingerprint density at radius 2 is 2.03 bits per heavy atom. The number of pyridine rings is 2. The molecule has 0 spiro atoms. The molecule has 3 aliphatic carbocycles. The van der Waals surface area contributed by atoms with Crippen LogP contribution in [0.15, 0.2) is 36.7 Å². The number of anilines is 1. The summed E-state index contributed by atoms with van der Waals surface area (Å²) in [5.41, 5.74) is 0.797. The molecular formula is C24H25F3N4O3. The molecule has 10 heteroatoms. The highest BCUT2D eigenvalue weighted by molar-refractivity contribution is 6.03. The average Bonchev–Trinajstić information content (AvgIpc) is 3.44. The van der Waals surface area contributed by atoms with Gasteiger partial charge in [-0.05, 0) is 49.7 Å². The van der Waals surface area contributed by atoms with Gasteiger partial charge in [0.1, 0.15) is 28.5 Å². The number of hydrogen-bond donors (Lipinski definition) is 1. The van der Waals surface area contributed by atoms with Crippen LogP contribution in [0.5, 0.6) is 5.75 Å². The van der Waals surface area contributed by atoms with Gasteiger partial charge < -0.3 is 19.2 Å². The van der Waals surface area contributed by atoms with E-state index in [1.807, 2.05) is 17.5 Å². The molecule has 3 saturated carbocycles. The third-order valence-corrected chi connectivity index (χ3v) is 6.84. The molecule has 6 rings (SSSR count). The zero-order chi connectivity index (χ0) is 24.1. The van der Waals surface area contributed by atoms with Gasteiger partial charge in [0.2, 0.25) is 0 Å². The van der Waals surface area contributed by atoms with Crippen LogP contribution in [0.1, 0.15) is 54.0 Å². The molecule has 0 aromatic carbocycles. The number of nitrogens with one attached hydrogen (secondary N) is 1. The van der Waals surface area contributed by atoms with E-state index in [-0.39, 0.29) is 11.1 Å². The van der Waals surface area contributed by atoms with Gasteiger partial charge in [-0.25, -0.2) is 9.97 Å². The normalized spacial score (nSPS) is 23.7. The lowest BCUT2D eigenvalue weighted by Gasteiger charge is -2.37. The molecular weight excluding hydrogens is 449 g/mol. The van der Waals surface area contributed by atoms with E-state index in [0.717, 1.165) is 43.7 Å². The molecule has 0 unspecified atom stereocenters. The fourth-order valence-corrected chi connectivity index (χ4v) is 5.45. The Kier molecular flexibility index (Phi) is 5.50. The molecule has 3 heterocycles. The number of aromatic nitrogens is 3. The molecule has 3 aromatic rings. The van der Waals surface area contributed by atoms with Crippen molar-refractivity contribution in [2.45, 2.75) is 38.3 Å². The van der Waals surface area contributed by atoms with Crippen LogP contribution in [0.4, 0.5) is 18.9 Å². The number of carbonyl (C=O) groups excluding carboxylic acids is 1. The Balaban J connectivity index is 1.42. The Hall–Kier alpha value is -3.14. The van der Waals surface area contributed by atoms with E-state index in [1.165, 1.54) is 6.07 Å². The summed E-state index contributed by atoms with van der Waals surface area (Å²) in [6.07, 6.45) is 2.32. The summed E-state index contributed by atoms with van der Waals surface area (Å²) in [6, 6.07) is 4.95. The number of hydrogen-bond acceptors (Lipinski definition) is 5. The molecule has 180 valence electrons. The summed E-state index contributed by atoms with van der Waals surface area (Å²) in [4.78, 5) is 21.0. The predicted molar refractivity (Wildman–Crippen MR) is 118 cm³/mol. The van der Waals surface area contributed by atoms with Crippen LogP contribution in [0.25, 0.3) is 5.65 Å². The standard InChI is InChI=1S/C24H25F3N4O3/c1-3-34-19-7-21-29-17(15-10-23(13-33-2)8-14(15)9-23)11-31(21)12-18(19)30-22(32)16-5-4-6-20(28-16)24(25,26)27/h4-7,11-12,14-15H,3,8-10,13H2,1-2H3,(H,30,32)/t14?,15-,23?/m1/s1. The van der Waals surface area contributed by atoms with Crippen LogP contribution in [0, 0.1) is 11.3 Å². The third kappa shape index (κ3) is 4.00. The van der Waals surface area contributed by atoms with Gasteiger partial charge >= 0.3 is 6.18 Å². The number of halogens is 3. The largest absolute Gasteiger partial charge is 0.491 e. The minimum atomic E-state index is -4.64. The topological polar surface area (TPSA) is 77.8 Å². The number of nitrogens with zero attached hydrogens (tertiary/aromatic N) is 3. The Morgan fingerprint density at radius 1 is 1.24 bits per heavy atom. The number of imidazole rings is 1. The quantitative estimate of drug-likeness (QED) is 0.526. The van der Waals surface area contributed by atoms with E-state index in [1.54, 1.807) is 19.4 Å². The highest BCUT2D eigenvalue weighted by Gasteiger charge is 2.56. The van der Waals surface area contributed by atoms with Gasteiger partial charge in [0.25, 0.3) is 5.91 Å². The second-order valence-corrected chi connectivity index (χ2v) is 9.19. The molecule has 3 aromatic heterocycles. The molecule has 3 fully saturated rings. The van der Waals surface area contributed by atoms with Crippen LogP contribution < -0.4 is 10.1 Å². The lowest BCUT2D eigenvalue weighted by atomic mass is 9.70. The molecule has 0 aliphatic heterocycles. The van der Waals surface area contributed by atoms with Gasteiger partial charge in [-0.2, -0.15) is 13.2 Å². The fourth-order valence-electron chi connectivity index (χ4n) is 5.45. The second kappa shape index (κ2) is 8.26. The lowest BCUT2D eigenvalue weighted by Crippen LogP contribution is -2.32. The first-order valence-electron chi connectivity index (χ1n) is 11.2. The van der Waals surface area contributed by atoms with Crippen LogP contribution >= 0.6 is 0 Å². The minimum absolute atomic E-state index is 0.257. The third-order valence-electron chi connectivity index (χ3n) is 6.84. The lowest BCUT2D eigenvalue weighted by molar-refractivity contribution is -0.141. The second-order valence-electron chi connectivity index (χ2n) is 9.19. The number of fused-ring (bicyclic) bond motifs is 2. The van der Waals surface area contributed by atoms with Crippen molar-refractivity contribution in [3.63, 3.8) is 0 Å². The summed E-state index contributed by atoms with van der Waals surface area (Å²) in [5, 5.41) is 2.64. The highest BCUT2D eigenvalue weighted by atomic mass is 19.4. The number of carbonyl (C=O) groups is 1. The molecule has 7 nitrogen and oxygen atoms in total. The fraction of sp³-hybridized carbons (Fsp3) is 0.458. The minimum Gasteiger partial charge on any atom is -0.491 e. The van der Waals surface area contributed by atoms with Crippen LogP contribution in [-0.4, -0.2) is 40.6 Å². The van der Waals surface area contributed by atoms with Crippen molar-refractivity contribution in [1.82, 2.24) is 14.4 Å². The maximum Gasteiger partial charge on any atom is 0.433 e. The van der Waals surface area contributed by atoms with Gasteiger partial charge in [-0.15, -0.1) is 0 Å². The molecule has 1 amide bonds. The van der Waals surface area contributed by atoms with Crippen molar-refractivity contribution in [3.05, 3.63) is 53.7 Å². The summed E-state index contributed by atoms with van der Waals surface area (Å²) < 4.78 is 51.9. The van der Waals surface area contributed by atoms with Crippen molar-refractivity contribution in [3.8, 4) is 5.75 Å². The number of amides is 1. The summed E-state index contributed by atoms with van der Waals surface area (Å²) >= 11 is 0. The molecule has 0 radical (unpaired) electrons. The van der Waals surface area contributed by atoms with E-state index < -0.39 is 17.8 Å². The van der Waals surface area contributed by atoms with Gasteiger partial charge in [-0.1, -0.05) is 6.07 Å². The van der Waals surface area contributed by atoms with Gasteiger partial charge in [-0.3, -0.25) is 4.79 Å². The maximum atomic E-state index is 13.0. The first-order valence-corrected chi connectivity index (χ1v) is 11.2. The maximum absolute atomic E-state index is 13.0. The SMILES string of the molecule is CCOc1cc2nc([C@@H]3CC4(COC)CC3C4)cn2cc1NC(=O)c1cccc(C(F)(F)F)n1. The Bertz CT molecular complexity index is 1230. The first kappa shape index (κ1) is 22.6. The van der Waals surface area contributed by atoms with E-state index in [2.05, 4.69) is 10.3 Å². The predicted octanol–water partition coefficient (Wildman–Crippen LogP) is 4.93. The van der Waals surface area contributed by atoms with E-state index in [4.69, 9.17) is 14.5 Å². The summed E-state index contributed by atoms with van der Waals surface area (Å²) in [6.45, 7) is 2.92. The average molecular weight is 474 g/mol. The van der Waals surface area contributed by atoms with Gasteiger partial charge in [0, 0.05) is 31.5 Å². The molecule has 34 heavy (non-hydrogen) atoms. The number of methoxy groups -OCH3 is 1. The number of alkyl halides is 3. The van der Waals surface area contributed by atoms with E-state index in [0.29, 0.717) is 35.5 Å². The molecule has 1 N–H and O–H groups in total. The zero-order valence-corrected chi connectivity index (χ0v) is 18.9. The molecule has 3 aliphatic rings. The summed E-state index contributed by atoms with van der Waals surface area (Å²) in [5.74, 6) is 0.583. The molecule has 1 atom stereocenters. The van der Waals surface area contributed by atoms with E-state index >= 15 is 0 Å². The smallest absolute Gasteiger partial charge is 0.433 e. The van der Waals surface area contributed by atoms with Gasteiger partial charge in [0.05, 0.1) is 18.9 Å². The highest BCUT2D eigenvalue weighted by Crippen LogP contribution is 2.64. The van der Waals surface area contributed by atoms with Crippen molar-refractivity contribution in [2.24, 2.45) is 11.3 Å². The monoisotopic (exact) mass is 474 g/mol. The van der Waals surface area contributed by atoms with Crippen LogP contribution in [-0.2, 0) is 10.9 Å². The number of rotatable bonds is 7. The Morgan fingerprint density at radius 3 is 2.74 bits per heavy atom. The summed E-state index contributed by atoms with van der Waals surface area (Å²) in [7, 11) is 1.74. The van der Waals surface area contributed by atoms with Crippen molar-refractivity contribution in [1.29, 1.82) is 0 Å². The van der Waals surface area contributed by atoms with Crippen LogP contribution in [0.2, 0.25) is 0 Å². The number of ether oxygens (including phenoxy) is 2. The van der Waals surface area contributed by atoms with Crippen molar-refractivity contribution < 1.29 is 27.4 Å². The van der Waals surface area contributed by atoms with E-state index in [9.17, 15) is 18.0 Å². The van der Waals surface area contributed by atoms with Crippen molar-refractivity contribution in [2.75, 3.05) is 25.6 Å². The van der Waals surface area contributed by atoms with Crippen LogP contribution in [0.3, 0.4) is 0 Å². The zero-order valence-electron chi connectivity index (χ0n) is 18.9. The molecule has 2 bridgehead atoms. The van der Waals surface area contributed by atoms with Crippen molar-refractivity contribution >= 4 is 17.2 Å².